The first-order valence-corrected chi connectivity index (χ1v) is 7.27. The van der Waals surface area contributed by atoms with Gasteiger partial charge in [0.05, 0.1) is 0 Å². The molecular formula is C20H22Ti. The van der Waals surface area contributed by atoms with Crippen LogP contribution < -0.4 is 0 Å². The molecule has 0 saturated carbocycles. The first-order valence-electron chi connectivity index (χ1n) is 7.27. The molecular weight excluding hydrogens is 288 g/mol. The monoisotopic (exact) mass is 310 g/mol. The zero-order chi connectivity index (χ0) is 14.4. The fraction of sp³-hybridized carbons (Fsp3) is 0.200. The van der Waals surface area contributed by atoms with Gasteiger partial charge in [-0.2, -0.15) is 12.5 Å². The number of hydrogen-bond donors (Lipinski definition) is 0. The maximum atomic E-state index is 3.60. The van der Waals surface area contributed by atoms with Crippen LogP contribution >= 0.6 is 0 Å². The van der Waals surface area contributed by atoms with Crippen LogP contribution in [0.3, 0.4) is 0 Å². The van der Waals surface area contributed by atoms with Crippen molar-refractivity contribution < 1.29 is 21.7 Å². The second kappa shape index (κ2) is 8.92. The summed E-state index contributed by atoms with van der Waals surface area (Å²) in [6.45, 7) is 7.87. The Balaban J connectivity index is 0.000000397. The number of hydrogen-bond acceptors (Lipinski definition) is 0. The van der Waals surface area contributed by atoms with Crippen molar-refractivity contribution in [2.45, 2.75) is 26.7 Å². The molecule has 3 aromatic rings. The van der Waals surface area contributed by atoms with Crippen LogP contribution in [0.1, 0.15) is 25.3 Å². The summed E-state index contributed by atoms with van der Waals surface area (Å²) < 4.78 is 0. The molecule has 21 heavy (non-hydrogen) atoms. The summed E-state index contributed by atoms with van der Waals surface area (Å²) >= 11 is 0. The summed E-state index contributed by atoms with van der Waals surface area (Å²) in [7, 11) is 0. The summed E-state index contributed by atoms with van der Waals surface area (Å²) in [5.74, 6) is 0. The Morgan fingerprint density at radius 3 is 2.29 bits per heavy atom. The predicted molar refractivity (Wildman–Crippen MR) is 90.0 cm³/mol. The van der Waals surface area contributed by atoms with Gasteiger partial charge in [0, 0.05) is 0 Å². The Labute approximate surface area is 143 Å². The van der Waals surface area contributed by atoms with E-state index in [1.807, 2.05) is 0 Å². The van der Waals surface area contributed by atoms with Gasteiger partial charge >= 0.3 is 21.7 Å². The van der Waals surface area contributed by atoms with Crippen molar-refractivity contribution in [3.8, 4) is 11.1 Å². The summed E-state index contributed by atoms with van der Waals surface area (Å²) in [6, 6.07) is 21.6. The van der Waals surface area contributed by atoms with Crippen LogP contribution in [0.2, 0.25) is 0 Å². The molecule has 0 aliphatic rings. The van der Waals surface area contributed by atoms with Gasteiger partial charge in [-0.25, -0.2) is 0 Å². The van der Waals surface area contributed by atoms with Crippen molar-refractivity contribution in [1.29, 1.82) is 0 Å². The normalized spacial score (nSPS) is 9.67. The Hall–Kier alpha value is -1.24. The van der Waals surface area contributed by atoms with Crippen LogP contribution in [0.5, 0.6) is 0 Å². The smallest absolute Gasteiger partial charge is 0.343 e. The minimum atomic E-state index is 0. The number of benzene rings is 2. The summed E-state index contributed by atoms with van der Waals surface area (Å²) in [5, 5.41) is 2.69. The number of aryl methyl sites for hydroxylation is 1. The largest absolute Gasteiger partial charge is 2.00 e. The van der Waals surface area contributed by atoms with Gasteiger partial charge in [0.15, 0.2) is 0 Å². The molecule has 0 saturated heterocycles. The van der Waals surface area contributed by atoms with Gasteiger partial charge < -0.3 is 6.92 Å². The Morgan fingerprint density at radius 1 is 1.00 bits per heavy atom. The molecule has 0 aliphatic heterocycles. The Morgan fingerprint density at radius 2 is 1.67 bits per heavy atom. The van der Waals surface area contributed by atoms with Crippen molar-refractivity contribution in [3.63, 3.8) is 0 Å². The molecule has 0 amide bonds. The number of unbranched alkanes of at least 4 members (excludes halogenated alkanes) is 1. The standard InChI is InChI=1S/C16H13.C4H9.Ti/c1-12-10-14-8-5-9-15(16(14)11-12)13-6-3-2-4-7-13;1-3-4-2;/h2-11H,1H3;1,3-4H2,2H3;/q2*-1;+2. The summed E-state index contributed by atoms with van der Waals surface area (Å²) in [4.78, 5) is 0. The molecule has 0 fully saturated rings. The van der Waals surface area contributed by atoms with Crippen molar-refractivity contribution in [2.75, 3.05) is 0 Å². The van der Waals surface area contributed by atoms with Crippen LogP contribution in [0.15, 0.2) is 60.7 Å². The average molecular weight is 310 g/mol. The van der Waals surface area contributed by atoms with Crippen LogP contribution in [-0.4, -0.2) is 0 Å². The quantitative estimate of drug-likeness (QED) is 0.393. The van der Waals surface area contributed by atoms with Crippen molar-refractivity contribution in [3.05, 3.63) is 73.2 Å². The second-order valence-electron chi connectivity index (χ2n) is 5.06. The molecule has 3 rings (SSSR count). The molecule has 0 bridgehead atoms. The number of fused-ring (bicyclic) bond motifs is 1. The van der Waals surface area contributed by atoms with E-state index < -0.39 is 0 Å². The van der Waals surface area contributed by atoms with Gasteiger partial charge in [-0.1, -0.05) is 62.2 Å². The first-order chi connectivity index (χ1) is 9.76. The van der Waals surface area contributed by atoms with E-state index in [2.05, 4.69) is 81.4 Å². The topological polar surface area (TPSA) is 0 Å². The molecule has 3 aromatic carbocycles. The number of rotatable bonds is 2. The second-order valence-corrected chi connectivity index (χ2v) is 5.06. The van der Waals surface area contributed by atoms with Crippen LogP contribution in [-0.2, 0) is 21.7 Å². The van der Waals surface area contributed by atoms with Gasteiger partial charge in [-0.05, 0) is 5.56 Å². The maximum Gasteiger partial charge on any atom is 2.00 e. The molecule has 0 radical (unpaired) electrons. The van der Waals surface area contributed by atoms with E-state index in [1.54, 1.807) is 0 Å². The van der Waals surface area contributed by atoms with Crippen molar-refractivity contribution in [2.24, 2.45) is 0 Å². The van der Waals surface area contributed by atoms with E-state index in [9.17, 15) is 0 Å². The molecule has 0 heterocycles. The molecule has 1 heteroatoms. The summed E-state index contributed by atoms with van der Waals surface area (Å²) in [6.07, 6.45) is 2.28. The minimum Gasteiger partial charge on any atom is -0.343 e. The van der Waals surface area contributed by atoms with Crippen LogP contribution in [0.25, 0.3) is 21.9 Å². The van der Waals surface area contributed by atoms with Crippen molar-refractivity contribution in [1.82, 2.24) is 0 Å². The van der Waals surface area contributed by atoms with E-state index in [0.717, 1.165) is 6.42 Å². The Bertz CT molecular complexity index is 648. The van der Waals surface area contributed by atoms with Crippen LogP contribution in [0.4, 0.5) is 0 Å². The van der Waals surface area contributed by atoms with Gasteiger partial charge in [0.1, 0.15) is 0 Å². The minimum absolute atomic E-state index is 0. The molecule has 0 unspecified atom stereocenters. The average Bonchev–Trinajstić information content (AvgIpc) is 2.88. The molecule has 0 atom stereocenters. The SMILES string of the molecule is Cc1cc2c(-c3ccccc3)cccc2[cH-]1.[CH2-]CCC.[Ti+2]. The van der Waals surface area contributed by atoms with Crippen molar-refractivity contribution >= 4 is 10.8 Å². The van der Waals surface area contributed by atoms with Gasteiger partial charge in [0.25, 0.3) is 0 Å². The van der Waals surface area contributed by atoms with E-state index in [4.69, 9.17) is 0 Å². The third kappa shape index (κ3) is 4.63. The van der Waals surface area contributed by atoms with Gasteiger partial charge in [-0.3, -0.25) is 0 Å². The van der Waals surface area contributed by atoms with E-state index in [1.165, 1.54) is 33.9 Å². The third-order valence-corrected chi connectivity index (χ3v) is 3.33. The van der Waals surface area contributed by atoms with Gasteiger partial charge in [0.2, 0.25) is 0 Å². The van der Waals surface area contributed by atoms with Crippen LogP contribution in [0, 0.1) is 13.8 Å². The third-order valence-electron chi connectivity index (χ3n) is 3.33. The van der Waals surface area contributed by atoms with E-state index in [-0.39, 0.29) is 21.7 Å². The Kier molecular flexibility index (Phi) is 7.57. The zero-order valence-corrected chi connectivity index (χ0v) is 14.5. The zero-order valence-electron chi connectivity index (χ0n) is 12.9. The summed E-state index contributed by atoms with van der Waals surface area (Å²) in [5.41, 5.74) is 3.95. The molecule has 0 N–H and O–H groups in total. The van der Waals surface area contributed by atoms with Gasteiger partial charge in [-0.15, -0.1) is 34.5 Å². The van der Waals surface area contributed by atoms with E-state index >= 15 is 0 Å². The molecule has 106 valence electrons. The molecule has 0 nitrogen and oxygen atoms in total. The maximum absolute atomic E-state index is 3.60. The predicted octanol–water partition coefficient (Wildman–Crippen LogP) is 6.15. The fourth-order valence-corrected chi connectivity index (χ4v) is 2.25. The molecule has 0 aromatic heterocycles. The van der Waals surface area contributed by atoms with E-state index in [0.29, 0.717) is 0 Å². The fourth-order valence-electron chi connectivity index (χ4n) is 2.25. The molecule has 0 spiro atoms. The molecule has 0 aliphatic carbocycles. The first kappa shape index (κ1) is 17.8.